The second kappa shape index (κ2) is 5.11. The van der Waals surface area contributed by atoms with E-state index in [0.717, 1.165) is 13.0 Å². The molecule has 0 amide bonds. The minimum atomic E-state index is -2.49. The van der Waals surface area contributed by atoms with Crippen molar-refractivity contribution in [3.63, 3.8) is 0 Å². The molecule has 0 spiro atoms. The van der Waals surface area contributed by atoms with Crippen LogP contribution in [0.3, 0.4) is 0 Å². The molecule has 1 saturated heterocycles. The summed E-state index contributed by atoms with van der Waals surface area (Å²) >= 11 is 0. The second-order valence-corrected chi connectivity index (χ2v) is 3.87. The van der Waals surface area contributed by atoms with Gasteiger partial charge < -0.3 is 5.32 Å². The number of hydrogen-bond acceptors (Lipinski definition) is 1. The van der Waals surface area contributed by atoms with E-state index in [1.165, 1.54) is 0 Å². The van der Waals surface area contributed by atoms with E-state index in [1.54, 1.807) is 13.8 Å². The van der Waals surface area contributed by atoms with Crippen LogP contribution >= 0.6 is 12.4 Å². The van der Waals surface area contributed by atoms with Gasteiger partial charge in [-0.3, -0.25) is 0 Å². The molecule has 1 nitrogen and oxygen atoms in total. The first-order valence-corrected chi connectivity index (χ1v) is 4.63. The molecule has 1 aliphatic heterocycles. The Morgan fingerprint density at radius 1 is 1.38 bits per heavy atom. The first kappa shape index (κ1) is 13.1. The largest absolute Gasteiger partial charge is 0.316 e. The van der Waals surface area contributed by atoms with Gasteiger partial charge in [0.05, 0.1) is 0 Å². The van der Waals surface area contributed by atoms with Crippen LogP contribution in [0.25, 0.3) is 0 Å². The summed E-state index contributed by atoms with van der Waals surface area (Å²) in [6.07, 6.45) is 1.55. The minimum Gasteiger partial charge on any atom is -0.316 e. The van der Waals surface area contributed by atoms with Gasteiger partial charge in [0.15, 0.2) is 0 Å². The molecule has 4 heteroatoms. The highest BCUT2D eigenvalue weighted by Crippen LogP contribution is 2.35. The first-order chi connectivity index (χ1) is 5.55. The topological polar surface area (TPSA) is 12.0 Å². The summed E-state index contributed by atoms with van der Waals surface area (Å²) < 4.78 is 26.8. The van der Waals surface area contributed by atoms with Crippen molar-refractivity contribution in [1.29, 1.82) is 0 Å². The van der Waals surface area contributed by atoms with Crippen molar-refractivity contribution in [3.8, 4) is 0 Å². The van der Waals surface area contributed by atoms with Crippen LogP contribution in [0.1, 0.15) is 26.7 Å². The van der Waals surface area contributed by atoms with Gasteiger partial charge in [-0.05, 0) is 19.4 Å². The van der Waals surface area contributed by atoms with Gasteiger partial charge in [0, 0.05) is 18.4 Å². The van der Waals surface area contributed by atoms with Crippen LogP contribution in [-0.4, -0.2) is 19.0 Å². The van der Waals surface area contributed by atoms with Gasteiger partial charge in [-0.2, -0.15) is 0 Å². The maximum absolute atomic E-state index is 13.4. The lowest BCUT2D eigenvalue weighted by Crippen LogP contribution is -2.43. The Morgan fingerprint density at radius 3 is 2.38 bits per heavy atom. The average molecular weight is 214 g/mol. The monoisotopic (exact) mass is 213 g/mol. The van der Waals surface area contributed by atoms with Crippen molar-refractivity contribution in [2.75, 3.05) is 13.1 Å². The smallest absolute Gasteiger partial charge is 0.254 e. The van der Waals surface area contributed by atoms with Crippen molar-refractivity contribution < 1.29 is 8.78 Å². The molecule has 1 heterocycles. The number of rotatable bonds is 2. The average Bonchev–Trinajstić information content (AvgIpc) is 2.06. The molecule has 0 aromatic rings. The maximum Gasteiger partial charge on any atom is 0.254 e. The Labute approximate surface area is 84.7 Å². The fourth-order valence-electron chi connectivity index (χ4n) is 1.65. The second-order valence-electron chi connectivity index (χ2n) is 3.87. The zero-order valence-electron chi connectivity index (χ0n) is 8.15. The highest BCUT2D eigenvalue weighted by molar-refractivity contribution is 5.85. The molecule has 0 radical (unpaired) electrons. The van der Waals surface area contributed by atoms with Gasteiger partial charge in [-0.25, -0.2) is 8.78 Å². The van der Waals surface area contributed by atoms with E-state index in [9.17, 15) is 8.78 Å². The van der Waals surface area contributed by atoms with Crippen LogP contribution in [-0.2, 0) is 0 Å². The zero-order chi connectivity index (χ0) is 9.19. The molecule has 1 unspecified atom stereocenters. The summed E-state index contributed by atoms with van der Waals surface area (Å²) in [7, 11) is 0. The number of alkyl halides is 2. The van der Waals surface area contributed by atoms with Gasteiger partial charge in [-0.1, -0.05) is 13.8 Å². The molecule has 0 saturated carbocycles. The third kappa shape index (κ3) is 3.06. The predicted molar refractivity (Wildman–Crippen MR) is 52.6 cm³/mol. The third-order valence-electron chi connectivity index (χ3n) is 2.61. The molecule has 0 aliphatic carbocycles. The van der Waals surface area contributed by atoms with Crippen molar-refractivity contribution in [2.24, 2.45) is 11.8 Å². The van der Waals surface area contributed by atoms with Crippen molar-refractivity contribution in [3.05, 3.63) is 0 Å². The van der Waals surface area contributed by atoms with E-state index in [4.69, 9.17) is 0 Å². The van der Waals surface area contributed by atoms with Gasteiger partial charge in [-0.15, -0.1) is 12.4 Å². The fraction of sp³-hybridized carbons (Fsp3) is 1.00. The van der Waals surface area contributed by atoms with Crippen LogP contribution < -0.4 is 5.32 Å². The highest BCUT2D eigenvalue weighted by atomic mass is 35.5. The molecule has 1 fully saturated rings. The summed E-state index contributed by atoms with van der Waals surface area (Å²) in [6.45, 7) is 4.55. The Kier molecular flexibility index (Phi) is 5.15. The molecule has 1 rings (SSSR count). The summed E-state index contributed by atoms with van der Waals surface area (Å²) in [5, 5.41) is 3.02. The van der Waals surface area contributed by atoms with Crippen LogP contribution in [0.5, 0.6) is 0 Å². The Balaban J connectivity index is 0.00000144. The molecule has 1 N–H and O–H groups in total. The van der Waals surface area contributed by atoms with Gasteiger partial charge in [0.2, 0.25) is 0 Å². The fourth-order valence-corrected chi connectivity index (χ4v) is 1.65. The summed E-state index contributed by atoms with van der Waals surface area (Å²) in [5.74, 6) is -3.48. The Morgan fingerprint density at radius 2 is 2.00 bits per heavy atom. The summed E-state index contributed by atoms with van der Waals surface area (Å²) in [5.41, 5.74) is 0. The third-order valence-corrected chi connectivity index (χ3v) is 2.61. The van der Waals surface area contributed by atoms with Gasteiger partial charge in [0.25, 0.3) is 5.92 Å². The van der Waals surface area contributed by atoms with E-state index in [1.807, 2.05) is 0 Å². The molecule has 0 aromatic heterocycles. The molecule has 0 bridgehead atoms. The molecule has 1 atom stereocenters. The molecule has 80 valence electrons. The van der Waals surface area contributed by atoms with Crippen molar-refractivity contribution >= 4 is 12.4 Å². The quantitative estimate of drug-likeness (QED) is 0.744. The van der Waals surface area contributed by atoms with Crippen LogP contribution in [0.4, 0.5) is 8.78 Å². The highest BCUT2D eigenvalue weighted by Gasteiger charge is 2.42. The number of halogens is 3. The molecule has 1 aliphatic rings. The SMILES string of the molecule is CC(C)C(F)(F)C1CCCNC1.Cl. The van der Waals surface area contributed by atoms with Gasteiger partial charge in [0.1, 0.15) is 0 Å². The van der Waals surface area contributed by atoms with E-state index in [2.05, 4.69) is 5.32 Å². The normalized spacial score (nSPS) is 24.2. The predicted octanol–water partition coefficient (Wildman–Crippen LogP) is 2.70. The van der Waals surface area contributed by atoms with E-state index >= 15 is 0 Å². The van der Waals surface area contributed by atoms with E-state index < -0.39 is 17.8 Å². The Bertz CT molecular complexity index is 145. The lowest BCUT2D eigenvalue weighted by Gasteiger charge is -2.32. The maximum atomic E-state index is 13.4. The minimum absolute atomic E-state index is 0. The lowest BCUT2D eigenvalue weighted by molar-refractivity contribution is -0.103. The van der Waals surface area contributed by atoms with Crippen molar-refractivity contribution in [2.45, 2.75) is 32.6 Å². The number of nitrogens with one attached hydrogen (secondary N) is 1. The standard InChI is InChI=1S/C9H17F2N.ClH/c1-7(2)9(10,11)8-4-3-5-12-6-8;/h7-8,12H,3-6H2,1-2H3;1H. The zero-order valence-corrected chi connectivity index (χ0v) is 8.96. The van der Waals surface area contributed by atoms with Gasteiger partial charge >= 0.3 is 0 Å². The van der Waals surface area contributed by atoms with E-state index in [0.29, 0.717) is 13.0 Å². The summed E-state index contributed by atoms with van der Waals surface area (Å²) in [4.78, 5) is 0. The molecular weight excluding hydrogens is 196 g/mol. The first-order valence-electron chi connectivity index (χ1n) is 4.63. The number of piperidine rings is 1. The van der Waals surface area contributed by atoms with Crippen LogP contribution in [0.2, 0.25) is 0 Å². The molecular formula is C9H18ClF2N. The summed E-state index contributed by atoms with van der Waals surface area (Å²) in [6, 6.07) is 0. The van der Waals surface area contributed by atoms with E-state index in [-0.39, 0.29) is 12.4 Å². The Hall–Kier alpha value is 0.110. The van der Waals surface area contributed by atoms with Crippen LogP contribution in [0, 0.1) is 11.8 Å². The van der Waals surface area contributed by atoms with Crippen molar-refractivity contribution in [1.82, 2.24) is 5.32 Å². The molecule has 13 heavy (non-hydrogen) atoms. The van der Waals surface area contributed by atoms with Crippen LogP contribution in [0.15, 0.2) is 0 Å². The lowest BCUT2D eigenvalue weighted by atomic mass is 9.86. The number of hydrogen-bond donors (Lipinski definition) is 1. The molecule has 0 aromatic carbocycles.